The average molecular weight is 234 g/mol. The van der Waals surface area contributed by atoms with Gasteiger partial charge >= 0.3 is 0 Å². The van der Waals surface area contributed by atoms with E-state index in [1.54, 1.807) is 0 Å². The van der Waals surface area contributed by atoms with Crippen molar-refractivity contribution in [2.75, 3.05) is 24.5 Å². The predicted octanol–water partition coefficient (Wildman–Crippen LogP) is 2.75. The van der Waals surface area contributed by atoms with Gasteiger partial charge in [-0.3, -0.25) is 5.32 Å². The summed E-state index contributed by atoms with van der Waals surface area (Å²) in [4.78, 5) is 2.34. The Bertz CT molecular complexity index is 442. The van der Waals surface area contributed by atoms with Crippen molar-refractivity contribution in [3.05, 3.63) is 29.3 Å². The molecule has 2 heterocycles. The molecule has 1 aromatic carbocycles. The summed E-state index contributed by atoms with van der Waals surface area (Å²) in [5, 5.41) is 2.94. The zero-order valence-electron chi connectivity index (χ0n) is 10.5. The molecule has 1 N–H and O–H groups in total. The van der Waals surface area contributed by atoms with Crippen LogP contribution in [-0.2, 0) is 5.41 Å². The molecular formula is C14H19FN2. The van der Waals surface area contributed by atoms with Crippen molar-refractivity contribution in [2.24, 2.45) is 0 Å². The van der Waals surface area contributed by atoms with Crippen LogP contribution in [0.25, 0.3) is 0 Å². The summed E-state index contributed by atoms with van der Waals surface area (Å²) in [7, 11) is 0. The van der Waals surface area contributed by atoms with Crippen molar-refractivity contribution >= 4 is 5.69 Å². The fourth-order valence-corrected chi connectivity index (χ4v) is 2.99. The summed E-state index contributed by atoms with van der Waals surface area (Å²) in [6, 6.07) is 6.05. The molecule has 3 heteroatoms. The quantitative estimate of drug-likeness (QED) is 0.694. The molecule has 0 spiro atoms. The average Bonchev–Trinajstić information content (AvgIpc) is 2.46. The lowest BCUT2D eigenvalue weighted by Crippen LogP contribution is -2.39. The van der Waals surface area contributed by atoms with Crippen molar-refractivity contribution in [3.8, 4) is 0 Å². The Morgan fingerprint density at radius 1 is 1.35 bits per heavy atom. The van der Waals surface area contributed by atoms with Crippen LogP contribution in [-0.4, -0.2) is 19.6 Å². The van der Waals surface area contributed by atoms with E-state index < -0.39 is 6.30 Å². The summed E-state index contributed by atoms with van der Waals surface area (Å²) in [5.41, 5.74) is 3.41. The van der Waals surface area contributed by atoms with Crippen LogP contribution in [0.1, 0.15) is 37.7 Å². The van der Waals surface area contributed by atoms with E-state index in [0.717, 1.165) is 37.3 Å². The van der Waals surface area contributed by atoms with Gasteiger partial charge in [-0.05, 0) is 17.4 Å². The first-order chi connectivity index (χ1) is 8.09. The fraction of sp³-hybridized carbons (Fsp3) is 0.571. The molecule has 0 saturated heterocycles. The third kappa shape index (κ3) is 1.64. The lowest BCUT2D eigenvalue weighted by Gasteiger charge is -2.40. The fourth-order valence-electron chi connectivity index (χ4n) is 2.99. The number of halogens is 1. The lowest BCUT2D eigenvalue weighted by molar-refractivity contribution is 0.289. The number of benzene rings is 1. The molecule has 0 aliphatic carbocycles. The van der Waals surface area contributed by atoms with E-state index in [0.29, 0.717) is 0 Å². The standard InChI is InChI=1S/C14H19FN2/c1-14(2)6-8-17-9-7-16-13(15)10-4-3-5-11(14)12(10)17/h3-5,13,16H,6-9H2,1-2H3. The molecule has 1 aromatic rings. The smallest absolute Gasteiger partial charge is 0.179 e. The number of anilines is 1. The highest BCUT2D eigenvalue weighted by molar-refractivity contribution is 5.65. The highest BCUT2D eigenvalue weighted by Gasteiger charge is 2.35. The molecule has 3 rings (SSSR count). The molecule has 0 aromatic heterocycles. The van der Waals surface area contributed by atoms with Crippen LogP contribution in [0.2, 0.25) is 0 Å². The Morgan fingerprint density at radius 2 is 2.18 bits per heavy atom. The van der Waals surface area contributed by atoms with Crippen LogP contribution in [0.3, 0.4) is 0 Å². The van der Waals surface area contributed by atoms with Crippen LogP contribution in [0.5, 0.6) is 0 Å². The Morgan fingerprint density at radius 3 is 3.00 bits per heavy atom. The van der Waals surface area contributed by atoms with Gasteiger partial charge in [0.2, 0.25) is 0 Å². The maximum atomic E-state index is 14.1. The molecule has 92 valence electrons. The highest BCUT2D eigenvalue weighted by atomic mass is 19.1. The number of alkyl halides is 1. The minimum absolute atomic E-state index is 0.159. The number of para-hydroxylation sites is 1. The van der Waals surface area contributed by atoms with E-state index in [-0.39, 0.29) is 5.41 Å². The monoisotopic (exact) mass is 234 g/mol. The van der Waals surface area contributed by atoms with Crippen molar-refractivity contribution in [1.82, 2.24) is 5.32 Å². The largest absolute Gasteiger partial charge is 0.370 e. The van der Waals surface area contributed by atoms with Crippen LogP contribution < -0.4 is 10.2 Å². The Kier molecular flexibility index (Phi) is 2.40. The molecule has 1 unspecified atom stereocenters. The van der Waals surface area contributed by atoms with Crippen molar-refractivity contribution in [2.45, 2.75) is 32.0 Å². The molecular weight excluding hydrogens is 215 g/mol. The molecule has 0 fully saturated rings. The topological polar surface area (TPSA) is 15.3 Å². The first-order valence-electron chi connectivity index (χ1n) is 6.35. The maximum Gasteiger partial charge on any atom is 0.179 e. The number of hydrogen-bond donors (Lipinski definition) is 1. The van der Waals surface area contributed by atoms with Gasteiger partial charge in [0.15, 0.2) is 6.30 Å². The molecule has 2 aliphatic rings. The summed E-state index contributed by atoms with van der Waals surface area (Å²) in [5.74, 6) is 0. The van der Waals surface area contributed by atoms with Gasteiger partial charge in [-0.15, -0.1) is 0 Å². The minimum Gasteiger partial charge on any atom is -0.370 e. The molecule has 0 radical (unpaired) electrons. The Labute approximate surface area is 102 Å². The van der Waals surface area contributed by atoms with Crippen LogP contribution >= 0.6 is 0 Å². The summed E-state index contributed by atoms with van der Waals surface area (Å²) in [6.07, 6.45) is 0.115. The van der Waals surface area contributed by atoms with Crippen molar-refractivity contribution in [1.29, 1.82) is 0 Å². The van der Waals surface area contributed by atoms with E-state index in [1.165, 1.54) is 5.56 Å². The van der Waals surface area contributed by atoms with Gasteiger partial charge in [-0.1, -0.05) is 32.0 Å². The number of nitrogens with one attached hydrogen (secondary N) is 1. The molecule has 2 nitrogen and oxygen atoms in total. The van der Waals surface area contributed by atoms with E-state index in [2.05, 4.69) is 30.1 Å². The normalized spacial score (nSPS) is 26.3. The van der Waals surface area contributed by atoms with Crippen LogP contribution in [0, 0.1) is 0 Å². The van der Waals surface area contributed by atoms with Gasteiger partial charge in [0, 0.05) is 30.9 Å². The molecule has 0 bridgehead atoms. The third-order valence-electron chi connectivity index (χ3n) is 4.10. The lowest BCUT2D eigenvalue weighted by atomic mass is 9.76. The van der Waals surface area contributed by atoms with Gasteiger partial charge in [-0.2, -0.15) is 0 Å². The van der Waals surface area contributed by atoms with Crippen molar-refractivity contribution in [3.63, 3.8) is 0 Å². The summed E-state index contributed by atoms with van der Waals surface area (Å²) >= 11 is 0. The summed E-state index contributed by atoms with van der Waals surface area (Å²) in [6.45, 7) is 7.17. The predicted molar refractivity (Wildman–Crippen MR) is 68.1 cm³/mol. The first-order valence-corrected chi connectivity index (χ1v) is 6.35. The van der Waals surface area contributed by atoms with Gasteiger partial charge in [0.1, 0.15) is 0 Å². The van der Waals surface area contributed by atoms with Crippen LogP contribution in [0.15, 0.2) is 18.2 Å². The molecule has 17 heavy (non-hydrogen) atoms. The zero-order chi connectivity index (χ0) is 12.0. The molecule has 2 aliphatic heterocycles. The van der Waals surface area contributed by atoms with E-state index in [1.807, 2.05) is 12.1 Å². The van der Waals surface area contributed by atoms with E-state index >= 15 is 0 Å². The second kappa shape index (κ2) is 3.70. The second-order valence-electron chi connectivity index (χ2n) is 5.68. The van der Waals surface area contributed by atoms with E-state index in [9.17, 15) is 4.39 Å². The third-order valence-corrected chi connectivity index (χ3v) is 4.10. The zero-order valence-corrected chi connectivity index (χ0v) is 10.5. The van der Waals surface area contributed by atoms with Gasteiger partial charge in [0.05, 0.1) is 0 Å². The SMILES string of the molecule is CC1(C)CCN2CCNC(F)c3cccc1c32. The highest BCUT2D eigenvalue weighted by Crippen LogP contribution is 2.43. The molecule has 0 amide bonds. The summed E-state index contributed by atoms with van der Waals surface area (Å²) < 4.78 is 14.1. The second-order valence-corrected chi connectivity index (χ2v) is 5.68. The maximum absolute atomic E-state index is 14.1. The van der Waals surface area contributed by atoms with Gasteiger partial charge < -0.3 is 4.90 Å². The number of nitrogens with zero attached hydrogens (tertiary/aromatic N) is 1. The van der Waals surface area contributed by atoms with Gasteiger partial charge in [-0.25, -0.2) is 4.39 Å². The molecule has 1 atom stereocenters. The number of hydrogen-bond acceptors (Lipinski definition) is 2. The van der Waals surface area contributed by atoms with Gasteiger partial charge in [0.25, 0.3) is 0 Å². The first kappa shape index (κ1) is 11.0. The molecule has 0 saturated carbocycles. The van der Waals surface area contributed by atoms with Crippen LogP contribution in [0.4, 0.5) is 10.1 Å². The minimum atomic E-state index is -1.02. The Hall–Kier alpha value is -1.09. The Balaban J connectivity index is 2.22. The van der Waals surface area contributed by atoms with E-state index in [4.69, 9.17) is 0 Å². The number of rotatable bonds is 0. The van der Waals surface area contributed by atoms with Crippen molar-refractivity contribution < 1.29 is 4.39 Å².